The van der Waals surface area contributed by atoms with Gasteiger partial charge in [0.05, 0.1) is 0 Å². The minimum atomic E-state index is 0.588. The van der Waals surface area contributed by atoms with Gasteiger partial charge in [-0.05, 0) is 53.6 Å². The lowest BCUT2D eigenvalue weighted by molar-refractivity contribution is 0.386. The lowest BCUT2D eigenvalue weighted by Crippen LogP contribution is -2.57. The summed E-state index contributed by atoms with van der Waals surface area (Å²) in [6.07, 6.45) is 8.10. The van der Waals surface area contributed by atoms with Gasteiger partial charge in [-0.15, -0.1) is 0 Å². The van der Waals surface area contributed by atoms with Crippen molar-refractivity contribution in [3.05, 3.63) is 65.7 Å². The highest BCUT2D eigenvalue weighted by molar-refractivity contribution is 5.78. The van der Waals surface area contributed by atoms with E-state index in [4.69, 9.17) is 0 Å². The highest BCUT2D eigenvalue weighted by Gasteiger charge is 2.29. The SMILES string of the molecule is C1=CC[C@H]2CN[C@@H](C1)CN2c1ccc2c(c1)Cc1ccccc1-2. The first-order valence-corrected chi connectivity index (χ1v) is 8.75. The quantitative estimate of drug-likeness (QED) is 0.689. The van der Waals surface area contributed by atoms with Crippen LogP contribution in [0.25, 0.3) is 11.1 Å². The number of hydrogen-bond acceptors (Lipinski definition) is 2. The van der Waals surface area contributed by atoms with Gasteiger partial charge in [-0.3, -0.25) is 0 Å². The van der Waals surface area contributed by atoms with Crippen LogP contribution in [0.2, 0.25) is 0 Å². The standard InChI is InChI=1S/C21H22N2/c1-4-8-20-15(5-1)11-16-12-18(9-10-21(16)20)23-14-17-6-2-3-7-19(23)13-22-17/h1-5,8-10,12,17,19,22H,6-7,11,13-14H2/t17-,19-/m0/s1. The van der Waals surface area contributed by atoms with Gasteiger partial charge in [-0.1, -0.05) is 42.5 Å². The maximum Gasteiger partial charge on any atom is 0.0449 e. The zero-order valence-electron chi connectivity index (χ0n) is 13.3. The van der Waals surface area contributed by atoms with E-state index < -0.39 is 0 Å². The van der Waals surface area contributed by atoms with Gasteiger partial charge in [0.15, 0.2) is 0 Å². The van der Waals surface area contributed by atoms with Gasteiger partial charge in [0, 0.05) is 30.9 Å². The van der Waals surface area contributed by atoms with E-state index in [1.807, 2.05) is 0 Å². The first kappa shape index (κ1) is 13.4. The summed E-state index contributed by atoms with van der Waals surface area (Å²) < 4.78 is 0. The van der Waals surface area contributed by atoms with E-state index in [1.165, 1.54) is 27.9 Å². The van der Waals surface area contributed by atoms with Gasteiger partial charge in [0.1, 0.15) is 0 Å². The van der Waals surface area contributed by atoms with Crippen LogP contribution in [0.1, 0.15) is 24.0 Å². The van der Waals surface area contributed by atoms with Crippen molar-refractivity contribution in [2.24, 2.45) is 0 Å². The molecule has 0 spiro atoms. The third-order valence-corrected chi connectivity index (χ3v) is 5.60. The third-order valence-electron chi connectivity index (χ3n) is 5.60. The average molecular weight is 302 g/mol. The molecule has 0 radical (unpaired) electrons. The fourth-order valence-electron chi connectivity index (χ4n) is 4.37. The van der Waals surface area contributed by atoms with Crippen LogP contribution in [0.3, 0.4) is 0 Å². The molecule has 0 amide bonds. The monoisotopic (exact) mass is 302 g/mol. The number of benzene rings is 2. The van der Waals surface area contributed by atoms with Crippen molar-refractivity contribution in [1.29, 1.82) is 0 Å². The molecule has 1 fully saturated rings. The minimum Gasteiger partial charge on any atom is -0.365 e. The summed E-state index contributed by atoms with van der Waals surface area (Å²) in [6.45, 7) is 2.23. The van der Waals surface area contributed by atoms with Gasteiger partial charge in [0.2, 0.25) is 0 Å². The summed E-state index contributed by atoms with van der Waals surface area (Å²) in [7, 11) is 0. The topological polar surface area (TPSA) is 15.3 Å². The number of piperazine rings is 1. The Bertz CT molecular complexity index is 777. The van der Waals surface area contributed by atoms with Crippen molar-refractivity contribution in [2.45, 2.75) is 31.3 Å². The summed E-state index contributed by atoms with van der Waals surface area (Å²) in [4.78, 5) is 2.63. The van der Waals surface area contributed by atoms with Gasteiger partial charge in [-0.2, -0.15) is 0 Å². The summed E-state index contributed by atoms with van der Waals surface area (Å²) in [5.41, 5.74) is 7.22. The maximum atomic E-state index is 3.69. The molecule has 1 aliphatic carbocycles. The Labute approximate surface area is 137 Å². The molecule has 2 aromatic rings. The zero-order chi connectivity index (χ0) is 15.2. The van der Waals surface area contributed by atoms with Gasteiger partial charge in [-0.25, -0.2) is 0 Å². The summed E-state index contributed by atoms with van der Waals surface area (Å²) >= 11 is 0. The first-order valence-electron chi connectivity index (χ1n) is 8.75. The number of hydrogen-bond donors (Lipinski definition) is 1. The van der Waals surface area contributed by atoms with E-state index in [0.29, 0.717) is 12.1 Å². The Hall–Kier alpha value is -2.06. The molecule has 0 saturated carbocycles. The van der Waals surface area contributed by atoms with E-state index in [-0.39, 0.29) is 0 Å². The Balaban J connectivity index is 1.51. The van der Waals surface area contributed by atoms with E-state index in [0.717, 1.165) is 32.4 Å². The Morgan fingerprint density at radius 3 is 2.78 bits per heavy atom. The van der Waals surface area contributed by atoms with Crippen LogP contribution >= 0.6 is 0 Å². The second kappa shape index (κ2) is 5.24. The van der Waals surface area contributed by atoms with Crippen molar-refractivity contribution in [3.63, 3.8) is 0 Å². The van der Waals surface area contributed by atoms with Gasteiger partial charge in [0.25, 0.3) is 0 Å². The number of anilines is 1. The molecule has 3 aliphatic heterocycles. The summed E-state index contributed by atoms with van der Waals surface area (Å²) in [5, 5.41) is 3.69. The molecular formula is C21H22N2. The van der Waals surface area contributed by atoms with Crippen LogP contribution in [0, 0.1) is 0 Å². The molecule has 2 atom stereocenters. The molecule has 6 rings (SSSR count). The molecule has 4 aliphatic rings. The highest BCUT2D eigenvalue weighted by atomic mass is 15.2. The first-order chi connectivity index (χ1) is 11.4. The molecular weight excluding hydrogens is 280 g/mol. The Morgan fingerprint density at radius 2 is 1.78 bits per heavy atom. The molecule has 2 aromatic carbocycles. The molecule has 0 aromatic heterocycles. The van der Waals surface area contributed by atoms with Crippen LogP contribution in [0.5, 0.6) is 0 Å². The normalized spacial score (nSPS) is 25.0. The second-order valence-corrected chi connectivity index (χ2v) is 7.03. The van der Waals surface area contributed by atoms with Crippen molar-refractivity contribution >= 4 is 5.69 Å². The van der Waals surface area contributed by atoms with E-state index in [9.17, 15) is 0 Å². The number of nitrogens with one attached hydrogen (secondary N) is 1. The summed E-state index contributed by atoms with van der Waals surface area (Å²) in [5.74, 6) is 0. The van der Waals surface area contributed by atoms with E-state index >= 15 is 0 Å². The molecule has 1 N–H and O–H groups in total. The number of nitrogens with zero attached hydrogens (tertiary/aromatic N) is 1. The van der Waals surface area contributed by atoms with Gasteiger partial charge >= 0.3 is 0 Å². The van der Waals surface area contributed by atoms with Gasteiger partial charge < -0.3 is 10.2 Å². The lowest BCUT2D eigenvalue weighted by Gasteiger charge is -2.43. The zero-order valence-corrected chi connectivity index (χ0v) is 13.3. The van der Waals surface area contributed by atoms with Crippen molar-refractivity contribution < 1.29 is 0 Å². The molecule has 0 unspecified atom stereocenters. The number of rotatable bonds is 1. The maximum absolute atomic E-state index is 3.69. The lowest BCUT2D eigenvalue weighted by atomic mass is 9.98. The van der Waals surface area contributed by atoms with Crippen LogP contribution in [0.15, 0.2) is 54.6 Å². The van der Waals surface area contributed by atoms with Crippen molar-refractivity contribution in [1.82, 2.24) is 5.32 Å². The molecule has 3 heterocycles. The molecule has 2 nitrogen and oxygen atoms in total. The molecule has 2 heteroatoms. The molecule has 116 valence electrons. The van der Waals surface area contributed by atoms with Crippen LogP contribution in [-0.2, 0) is 6.42 Å². The van der Waals surface area contributed by atoms with Crippen LogP contribution in [0.4, 0.5) is 5.69 Å². The summed E-state index contributed by atoms with van der Waals surface area (Å²) in [6, 6.07) is 17.1. The largest absolute Gasteiger partial charge is 0.365 e. The Morgan fingerprint density at radius 1 is 0.913 bits per heavy atom. The second-order valence-electron chi connectivity index (χ2n) is 7.03. The predicted molar refractivity (Wildman–Crippen MR) is 96.0 cm³/mol. The van der Waals surface area contributed by atoms with Crippen molar-refractivity contribution in [3.8, 4) is 11.1 Å². The fourth-order valence-corrected chi connectivity index (χ4v) is 4.37. The molecule has 2 bridgehead atoms. The highest BCUT2D eigenvalue weighted by Crippen LogP contribution is 2.39. The smallest absolute Gasteiger partial charge is 0.0449 e. The molecule has 23 heavy (non-hydrogen) atoms. The fraction of sp³-hybridized carbons (Fsp3) is 0.333. The van der Waals surface area contributed by atoms with E-state index in [2.05, 4.69) is 64.8 Å². The number of fused-ring (bicyclic) bond motifs is 7. The predicted octanol–water partition coefficient (Wildman–Crippen LogP) is 3.75. The average Bonchev–Trinajstić information content (AvgIpc) is 2.92. The van der Waals surface area contributed by atoms with E-state index in [1.54, 1.807) is 0 Å². The van der Waals surface area contributed by atoms with Crippen LogP contribution in [-0.4, -0.2) is 25.2 Å². The Kier molecular flexibility index (Phi) is 3.05. The minimum absolute atomic E-state index is 0.588. The van der Waals surface area contributed by atoms with Crippen LogP contribution < -0.4 is 10.2 Å². The molecule has 1 saturated heterocycles. The van der Waals surface area contributed by atoms with Crippen molar-refractivity contribution in [2.75, 3.05) is 18.0 Å². The third kappa shape index (κ3) is 2.21.